The van der Waals surface area contributed by atoms with Gasteiger partial charge < -0.3 is 0 Å². The Labute approximate surface area is 69.4 Å². The monoisotopic (exact) mass is 183 g/mol. The molecular weight excluding hydrogens is 178 g/mol. The molecule has 0 fully saturated rings. The quantitative estimate of drug-likeness (QED) is 0.340. The SMILES string of the molecule is N#CC=S1(=C[N+](=O)[O-])C=CC=N1. The fourth-order valence-corrected chi connectivity index (χ4v) is 2.16. The highest BCUT2D eigenvalue weighted by atomic mass is 32.2. The van der Waals surface area contributed by atoms with Gasteiger partial charge in [0.15, 0.2) is 0 Å². The molecule has 1 rings (SSSR count). The summed E-state index contributed by atoms with van der Waals surface area (Å²) in [6.07, 6.45) is 3.06. The minimum Gasteiger partial charge on any atom is -0.258 e. The van der Waals surface area contributed by atoms with Crippen LogP contribution >= 0.6 is 9.39 Å². The van der Waals surface area contributed by atoms with Crippen LogP contribution in [0.5, 0.6) is 0 Å². The van der Waals surface area contributed by atoms with Gasteiger partial charge in [-0.3, -0.25) is 10.1 Å². The number of hydrogen-bond acceptors (Lipinski definition) is 4. The zero-order chi connectivity index (χ0) is 9.03. The molecule has 6 heteroatoms. The van der Waals surface area contributed by atoms with E-state index in [9.17, 15) is 10.1 Å². The first-order valence-electron chi connectivity index (χ1n) is 2.95. The lowest BCUT2D eigenvalue weighted by molar-refractivity contribution is -0.334. The molecule has 12 heavy (non-hydrogen) atoms. The Hall–Kier alpha value is -1.61. The van der Waals surface area contributed by atoms with Crippen molar-refractivity contribution in [2.24, 2.45) is 4.40 Å². The maximum atomic E-state index is 10.2. The molecule has 1 aliphatic heterocycles. The molecule has 0 saturated carbocycles. The van der Waals surface area contributed by atoms with Crippen LogP contribution in [0, 0.1) is 21.4 Å². The van der Waals surface area contributed by atoms with Crippen LogP contribution in [0.1, 0.15) is 0 Å². The van der Waals surface area contributed by atoms with Crippen molar-refractivity contribution in [3.8, 4) is 6.07 Å². The topological polar surface area (TPSA) is 79.3 Å². The van der Waals surface area contributed by atoms with E-state index in [1.54, 1.807) is 17.6 Å². The Morgan fingerprint density at radius 1 is 1.75 bits per heavy atom. The molecule has 1 atom stereocenters. The van der Waals surface area contributed by atoms with Crippen LogP contribution in [0.3, 0.4) is 0 Å². The lowest BCUT2D eigenvalue weighted by Gasteiger charge is -1.94. The average Bonchev–Trinajstić information content (AvgIpc) is 2.36. The molecule has 0 aliphatic carbocycles. The fourth-order valence-electron chi connectivity index (χ4n) is 0.721. The van der Waals surface area contributed by atoms with E-state index in [4.69, 9.17) is 5.26 Å². The molecule has 1 aliphatic rings. The largest absolute Gasteiger partial charge is 0.277 e. The molecule has 0 aromatic rings. The third-order valence-corrected chi connectivity index (χ3v) is 3.20. The Bertz CT molecular complexity index is 401. The van der Waals surface area contributed by atoms with Crippen LogP contribution in [-0.2, 0) is 0 Å². The number of nitro groups is 1. The van der Waals surface area contributed by atoms with Crippen LogP contribution in [0.15, 0.2) is 15.9 Å². The van der Waals surface area contributed by atoms with Gasteiger partial charge in [-0.25, -0.2) is 4.40 Å². The maximum Gasteiger partial charge on any atom is 0.277 e. The van der Waals surface area contributed by atoms with E-state index in [1.807, 2.05) is 0 Å². The molecule has 0 spiro atoms. The second kappa shape index (κ2) is 3.19. The van der Waals surface area contributed by atoms with Crippen LogP contribution < -0.4 is 0 Å². The third-order valence-electron chi connectivity index (χ3n) is 1.12. The standard InChI is InChI=1S/C6H5N3O2S/c7-2-5-12(6-9(10)11)4-1-3-8-12/h1,3-6H. The summed E-state index contributed by atoms with van der Waals surface area (Å²) in [5.74, 6) is 0. The molecular formula is C6H5N3O2S. The molecule has 0 radical (unpaired) electrons. The van der Waals surface area contributed by atoms with Crippen molar-refractivity contribution >= 4 is 26.5 Å². The molecule has 0 amide bonds. The number of rotatable bonds is 1. The first-order valence-corrected chi connectivity index (χ1v) is 4.73. The van der Waals surface area contributed by atoms with Gasteiger partial charge in [0.25, 0.3) is 5.49 Å². The number of nitrogens with zero attached hydrogens (tertiary/aromatic N) is 3. The van der Waals surface area contributed by atoms with Crippen LogP contribution in [0.25, 0.3) is 0 Å². The zero-order valence-electron chi connectivity index (χ0n) is 5.95. The summed E-state index contributed by atoms with van der Waals surface area (Å²) in [4.78, 5) is 9.60. The van der Waals surface area contributed by atoms with Crippen molar-refractivity contribution in [2.75, 3.05) is 0 Å². The van der Waals surface area contributed by atoms with Crippen molar-refractivity contribution in [3.63, 3.8) is 0 Å². The van der Waals surface area contributed by atoms with E-state index >= 15 is 0 Å². The predicted molar refractivity (Wildman–Crippen MR) is 50.0 cm³/mol. The van der Waals surface area contributed by atoms with Crippen molar-refractivity contribution in [1.29, 1.82) is 5.26 Å². The van der Waals surface area contributed by atoms with Crippen LogP contribution in [0.4, 0.5) is 0 Å². The lowest BCUT2D eigenvalue weighted by atomic mass is 10.7. The van der Waals surface area contributed by atoms with Gasteiger partial charge in [0.2, 0.25) is 0 Å². The van der Waals surface area contributed by atoms with E-state index in [1.165, 1.54) is 11.6 Å². The van der Waals surface area contributed by atoms with Crippen molar-refractivity contribution < 1.29 is 4.92 Å². The summed E-state index contributed by atoms with van der Waals surface area (Å²) in [6.45, 7) is 0. The Kier molecular flexibility index (Phi) is 2.26. The van der Waals surface area contributed by atoms with Gasteiger partial charge in [0.1, 0.15) is 0 Å². The highest BCUT2D eigenvalue weighted by Crippen LogP contribution is 2.29. The predicted octanol–water partition coefficient (Wildman–Crippen LogP) is 0.666. The molecule has 1 unspecified atom stereocenters. The Morgan fingerprint density at radius 2 is 2.50 bits per heavy atom. The van der Waals surface area contributed by atoms with Crippen LogP contribution in [-0.4, -0.2) is 22.0 Å². The lowest BCUT2D eigenvalue weighted by Crippen LogP contribution is -1.93. The van der Waals surface area contributed by atoms with Gasteiger partial charge >= 0.3 is 0 Å². The number of nitriles is 1. The molecule has 0 N–H and O–H groups in total. The first-order chi connectivity index (χ1) is 5.68. The number of allylic oxidation sites excluding steroid dienone is 1. The van der Waals surface area contributed by atoms with E-state index in [0.717, 1.165) is 5.49 Å². The second-order valence-electron chi connectivity index (χ2n) is 1.95. The smallest absolute Gasteiger partial charge is 0.258 e. The molecule has 62 valence electrons. The average molecular weight is 183 g/mol. The Morgan fingerprint density at radius 3 is 2.92 bits per heavy atom. The molecule has 0 aromatic heterocycles. The molecule has 0 saturated heterocycles. The minimum absolute atomic E-state index is 0.573. The van der Waals surface area contributed by atoms with Crippen molar-refractivity contribution in [2.45, 2.75) is 0 Å². The molecule has 0 aromatic carbocycles. The summed E-state index contributed by atoms with van der Waals surface area (Å²) in [7, 11) is -2.03. The molecule has 0 bridgehead atoms. The second-order valence-corrected chi connectivity index (χ2v) is 4.32. The van der Waals surface area contributed by atoms with Gasteiger partial charge in [-0.15, -0.1) is 0 Å². The van der Waals surface area contributed by atoms with Gasteiger partial charge in [0, 0.05) is 6.21 Å². The van der Waals surface area contributed by atoms with Gasteiger partial charge in [-0.1, -0.05) is 0 Å². The van der Waals surface area contributed by atoms with E-state index < -0.39 is 14.3 Å². The normalized spacial score (nSPS) is 24.9. The van der Waals surface area contributed by atoms with Crippen LogP contribution in [0.2, 0.25) is 0 Å². The van der Waals surface area contributed by atoms with E-state index in [-0.39, 0.29) is 0 Å². The fraction of sp³-hybridized carbons (Fsp3) is 0. The van der Waals surface area contributed by atoms with Crippen molar-refractivity contribution in [1.82, 2.24) is 0 Å². The minimum atomic E-state index is -2.03. The summed E-state index contributed by atoms with van der Waals surface area (Å²) in [5, 5.41) is 21.3. The maximum absolute atomic E-state index is 10.2. The van der Waals surface area contributed by atoms with Crippen molar-refractivity contribution in [3.05, 3.63) is 21.6 Å². The summed E-state index contributed by atoms with van der Waals surface area (Å²) in [5.41, 5.74) is 0.857. The summed E-state index contributed by atoms with van der Waals surface area (Å²) < 4.78 is 3.87. The number of hydrogen-bond donors (Lipinski definition) is 0. The van der Waals surface area contributed by atoms with Gasteiger partial charge in [-0.05, 0) is 20.9 Å². The summed E-state index contributed by atoms with van der Waals surface area (Å²) in [6, 6.07) is 1.77. The van der Waals surface area contributed by atoms with E-state index in [0.29, 0.717) is 0 Å². The highest BCUT2D eigenvalue weighted by molar-refractivity contribution is 8.30. The molecule has 1 heterocycles. The zero-order valence-corrected chi connectivity index (χ0v) is 6.77. The van der Waals surface area contributed by atoms with Gasteiger partial charge in [-0.2, -0.15) is 5.26 Å². The van der Waals surface area contributed by atoms with E-state index in [2.05, 4.69) is 4.40 Å². The molecule has 5 nitrogen and oxygen atoms in total. The first kappa shape index (κ1) is 8.49. The third kappa shape index (κ3) is 1.71. The highest BCUT2D eigenvalue weighted by Gasteiger charge is 2.04. The Balaban J connectivity index is 3.35. The van der Waals surface area contributed by atoms with Gasteiger partial charge in [0.05, 0.1) is 16.4 Å². The summed E-state index contributed by atoms with van der Waals surface area (Å²) >= 11 is 0.